The van der Waals surface area contributed by atoms with Crippen LogP contribution in [0, 0.1) is 13.8 Å². The van der Waals surface area contributed by atoms with Gasteiger partial charge in [-0.1, -0.05) is 41.6 Å². The van der Waals surface area contributed by atoms with E-state index in [1.165, 1.54) is 40.6 Å². The Hall–Kier alpha value is -2.95. The number of hydrogen-bond acceptors (Lipinski definition) is 8. The summed E-state index contributed by atoms with van der Waals surface area (Å²) >= 11 is 4.25. The number of rotatable bonds is 7. The van der Waals surface area contributed by atoms with E-state index in [4.69, 9.17) is 4.74 Å². The smallest absolute Gasteiger partial charge is 0.340 e. The molecule has 0 atom stereocenters. The fraction of sp³-hybridized carbons (Fsp3) is 0.217. The summed E-state index contributed by atoms with van der Waals surface area (Å²) in [6, 6.07) is 10.1. The van der Waals surface area contributed by atoms with Crippen LogP contribution in [-0.4, -0.2) is 39.5 Å². The van der Waals surface area contributed by atoms with Gasteiger partial charge in [-0.25, -0.2) is 4.79 Å². The Kier molecular flexibility index (Phi) is 6.96. The van der Waals surface area contributed by atoms with Gasteiger partial charge in [0.15, 0.2) is 11.0 Å². The predicted molar refractivity (Wildman–Crippen MR) is 134 cm³/mol. The van der Waals surface area contributed by atoms with E-state index in [2.05, 4.69) is 59.0 Å². The van der Waals surface area contributed by atoms with Crippen LogP contribution < -0.4 is 5.32 Å². The largest absolute Gasteiger partial charge is 0.465 e. The molecule has 0 saturated carbocycles. The third kappa shape index (κ3) is 4.87. The number of thiophene rings is 2. The first kappa shape index (κ1) is 23.2. The molecule has 170 valence electrons. The highest BCUT2D eigenvalue weighted by molar-refractivity contribution is 7.99. The van der Waals surface area contributed by atoms with Gasteiger partial charge in [0, 0.05) is 28.4 Å². The number of methoxy groups -OCH3 is 1. The summed E-state index contributed by atoms with van der Waals surface area (Å²) in [4.78, 5) is 25.5. The van der Waals surface area contributed by atoms with Crippen LogP contribution in [0.2, 0.25) is 0 Å². The van der Waals surface area contributed by atoms with Gasteiger partial charge in [-0.15, -0.1) is 32.9 Å². The van der Waals surface area contributed by atoms with Crippen molar-refractivity contribution in [3.8, 4) is 22.5 Å². The normalized spacial score (nSPS) is 10.9. The van der Waals surface area contributed by atoms with Crippen molar-refractivity contribution in [2.75, 3.05) is 18.2 Å². The van der Waals surface area contributed by atoms with Crippen LogP contribution in [-0.2, 0) is 16.6 Å². The van der Waals surface area contributed by atoms with E-state index in [0.717, 1.165) is 22.5 Å². The quantitative estimate of drug-likeness (QED) is 0.271. The number of carbonyl (C=O) groups excluding carboxylic acids is 2. The van der Waals surface area contributed by atoms with Gasteiger partial charge in [0.25, 0.3) is 0 Å². The zero-order chi connectivity index (χ0) is 23.5. The van der Waals surface area contributed by atoms with Gasteiger partial charge in [0.05, 0.1) is 18.4 Å². The lowest BCUT2D eigenvalue weighted by Crippen LogP contribution is -2.16. The first-order valence-corrected chi connectivity index (χ1v) is 12.8. The topological polar surface area (TPSA) is 86.1 Å². The molecule has 7 nitrogen and oxygen atoms in total. The zero-order valence-electron chi connectivity index (χ0n) is 18.5. The van der Waals surface area contributed by atoms with E-state index in [0.29, 0.717) is 15.7 Å². The number of aromatic nitrogens is 3. The number of nitrogens with one attached hydrogen (secondary N) is 1. The van der Waals surface area contributed by atoms with Gasteiger partial charge in [0.2, 0.25) is 5.91 Å². The summed E-state index contributed by atoms with van der Waals surface area (Å²) in [5, 5.41) is 16.4. The van der Waals surface area contributed by atoms with Crippen LogP contribution in [0.25, 0.3) is 22.5 Å². The summed E-state index contributed by atoms with van der Waals surface area (Å²) in [6.45, 7) is 4.18. The molecule has 4 rings (SSSR count). The maximum Gasteiger partial charge on any atom is 0.340 e. The second-order valence-corrected chi connectivity index (χ2v) is 10.2. The van der Waals surface area contributed by atoms with Crippen molar-refractivity contribution in [1.82, 2.24) is 14.8 Å². The van der Waals surface area contributed by atoms with Crippen molar-refractivity contribution >= 4 is 51.3 Å². The fourth-order valence-corrected chi connectivity index (χ4v) is 5.71. The number of anilines is 1. The molecule has 0 aliphatic heterocycles. The molecule has 3 heterocycles. The van der Waals surface area contributed by atoms with Gasteiger partial charge >= 0.3 is 5.97 Å². The Morgan fingerprint density at radius 1 is 1.12 bits per heavy atom. The summed E-state index contributed by atoms with van der Waals surface area (Å²) in [7, 11) is 3.21. The van der Waals surface area contributed by atoms with E-state index >= 15 is 0 Å². The molecule has 0 unspecified atom stereocenters. The Bertz CT molecular complexity index is 1300. The van der Waals surface area contributed by atoms with Crippen LogP contribution in [0.5, 0.6) is 0 Å². The number of aryl methyl sites for hydroxylation is 2. The third-order valence-electron chi connectivity index (χ3n) is 5.05. The molecule has 0 aliphatic rings. The summed E-state index contributed by atoms with van der Waals surface area (Å²) in [5.74, 6) is 0.179. The Morgan fingerprint density at radius 3 is 2.61 bits per heavy atom. The molecule has 0 saturated heterocycles. The molecule has 10 heteroatoms. The third-order valence-corrected chi connectivity index (χ3v) is 7.81. The number of ether oxygens (including phenoxy) is 1. The lowest BCUT2D eigenvalue weighted by Gasteiger charge is -2.08. The van der Waals surface area contributed by atoms with E-state index in [-0.39, 0.29) is 11.7 Å². The maximum atomic E-state index is 12.5. The fourth-order valence-electron chi connectivity index (χ4n) is 3.34. The number of benzene rings is 1. The van der Waals surface area contributed by atoms with Gasteiger partial charge in [-0.2, -0.15) is 0 Å². The van der Waals surface area contributed by atoms with Crippen LogP contribution >= 0.6 is 34.4 Å². The molecule has 0 fully saturated rings. The van der Waals surface area contributed by atoms with Gasteiger partial charge in [-0.05, 0) is 30.9 Å². The second kappa shape index (κ2) is 9.90. The summed E-state index contributed by atoms with van der Waals surface area (Å²) < 4.78 is 6.65. The van der Waals surface area contributed by atoms with E-state index in [1.54, 1.807) is 22.8 Å². The molecule has 4 aromatic rings. The van der Waals surface area contributed by atoms with Gasteiger partial charge < -0.3 is 14.6 Å². The highest BCUT2D eigenvalue weighted by atomic mass is 32.2. The first-order valence-electron chi connectivity index (χ1n) is 10.0. The molecular formula is C23H22N4O3S3. The van der Waals surface area contributed by atoms with E-state index in [1.807, 2.05) is 11.6 Å². The van der Waals surface area contributed by atoms with Gasteiger partial charge in [-0.3, -0.25) is 4.79 Å². The number of nitrogens with zero attached hydrogens (tertiary/aromatic N) is 3. The Balaban J connectivity index is 1.50. The molecule has 1 aromatic carbocycles. The maximum absolute atomic E-state index is 12.5. The van der Waals surface area contributed by atoms with Crippen molar-refractivity contribution in [3.05, 3.63) is 57.1 Å². The molecule has 3 aromatic heterocycles. The molecule has 0 radical (unpaired) electrons. The highest BCUT2D eigenvalue weighted by Crippen LogP contribution is 2.39. The Labute approximate surface area is 203 Å². The Morgan fingerprint density at radius 2 is 1.88 bits per heavy atom. The minimum absolute atomic E-state index is 0.137. The van der Waals surface area contributed by atoms with Crippen molar-refractivity contribution in [2.24, 2.45) is 7.05 Å². The lowest BCUT2D eigenvalue weighted by atomic mass is 10.0. The van der Waals surface area contributed by atoms with Crippen LogP contribution in [0.15, 0.2) is 46.2 Å². The average Bonchev–Trinajstić information content (AvgIpc) is 3.51. The molecule has 0 bridgehead atoms. The highest BCUT2D eigenvalue weighted by Gasteiger charge is 2.20. The SMILES string of the molecule is COC(=O)c1ccsc1NC(=O)CSc1nnc(-c2csc(C)c2-c2ccc(C)cc2)n1C. The average molecular weight is 499 g/mol. The molecular weight excluding hydrogens is 476 g/mol. The standard InChI is InChI=1S/C23H22N4O3S3/c1-13-5-7-15(8-6-13)19-14(2)32-11-17(19)20-25-26-23(27(20)3)33-12-18(28)24-21-16(9-10-31-21)22(29)30-4/h5-11H,12H2,1-4H3,(H,24,28). The summed E-state index contributed by atoms with van der Waals surface area (Å²) in [5.41, 5.74) is 4.87. The molecule has 0 spiro atoms. The minimum Gasteiger partial charge on any atom is -0.465 e. The number of amides is 1. The number of thioether (sulfide) groups is 1. The molecule has 1 amide bonds. The van der Waals surface area contributed by atoms with Crippen molar-refractivity contribution in [3.63, 3.8) is 0 Å². The van der Waals surface area contributed by atoms with Crippen LogP contribution in [0.4, 0.5) is 5.00 Å². The lowest BCUT2D eigenvalue weighted by molar-refractivity contribution is -0.113. The van der Waals surface area contributed by atoms with Crippen molar-refractivity contribution in [2.45, 2.75) is 19.0 Å². The van der Waals surface area contributed by atoms with Crippen molar-refractivity contribution in [1.29, 1.82) is 0 Å². The van der Waals surface area contributed by atoms with Gasteiger partial charge in [0.1, 0.15) is 5.00 Å². The molecule has 0 aliphatic carbocycles. The number of esters is 1. The number of carbonyl (C=O) groups is 2. The zero-order valence-corrected chi connectivity index (χ0v) is 21.0. The minimum atomic E-state index is -0.479. The monoisotopic (exact) mass is 498 g/mol. The number of hydrogen-bond donors (Lipinski definition) is 1. The summed E-state index contributed by atoms with van der Waals surface area (Å²) in [6.07, 6.45) is 0. The molecule has 33 heavy (non-hydrogen) atoms. The second-order valence-electron chi connectivity index (χ2n) is 7.30. The predicted octanol–water partition coefficient (Wildman–Crippen LogP) is 5.41. The van der Waals surface area contributed by atoms with Crippen LogP contribution in [0.1, 0.15) is 20.8 Å². The molecule has 1 N–H and O–H groups in total. The van der Waals surface area contributed by atoms with Crippen molar-refractivity contribution < 1.29 is 14.3 Å². The van der Waals surface area contributed by atoms with E-state index in [9.17, 15) is 9.59 Å². The van der Waals surface area contributed by atoms with Crippen LogP contribution in [0.3, 0.4) is 0 Å². The van der Waals surface area contributed by atoms with E-state index < -0.39 is 5.97 Å². The first-order chi connectivity index (χ1) is 15.9.